The normalized spacial score (nSPS) is 15.8. The van der Waals surface area contributed by atoms with Crippen molar-refractivity contribution in [2.75, 3.05) is 43.9 Å². The van der Waals surface area contributed by atoms with Gasteiger partial charge in [-0.25, -0.2) is 4.98 Å². The number of anilines is 2. The van der Waals surface area contributed by atoms with Crippen molar-refractivity contribution < 1.29 is 4.74 Å². The Hall–Kier alpha value is -3.12. The summed E-state index contributed by atoms with van der Waals surface area (Å²) in [7, 11) is 2.16. The lowest BCUT2D eigenvalue weighted by atomic mass is 10.1. The topological polar surface area (TPSA) is 67.5 Å². The molecule has 5 rings (SSSR count). The summed E-state index contributed by atoms with van der Waals surface area (Å²) in [4.78, 5) is 13.9. The molecular formula is C23H25N5O. The summed E-state index contributed by atoms with van der Waals surface area (Å²) in [6.45, 7) is 4.53. The molecule has 0 unspecified atom stereocenters. The van der Waals surface area contributed by atoms with Gasteiger partial charge in [0.15, 0.2) is 0 Å². The van der Waals surface area contributed by atoms with Gasteiger partial charge < -0.3 is 20.3 Å². The van der Waals surface area contributed by atoms with Crippen molar-refractivity contribution in [2.45, 2.75) is 13.0 Å². The molecule has 2 aliphatic rings. The number of fused-ring (bicyclic) bond motifs is 3. The highest BCUT2D eigenvalue weighted by molar-refractivity contribution is 5.80. The van der Waals surface area contributed by atoms with Gasteiger partial charge in [0.25, 0.3) is 0 Å². The molecule has 0 atom stereocenters. The van der Waals surface area contributed by atoms with E-state index in [4.69, 9.17) is 10.5 Å². The van der Waals surface area contributed by atoms with E-state index in [1.165, 1.54) is 11.1 Å². The molecule has 0 bridgehead atoms. The summed E-state index contributed by atoms with van der Waals surface area (Å²) in [6.07, 6.45) is 0.839. The quantitative estimate of drug-likeness (QED) is 0.581. The van der Waals surface area contributed by atoms with Crippen molar-refractivity contribution in [1.29, 1.82) is 0 Å². The molecule has 29 heavy (non-hydrogen) atoms. The Kier molecular flexibility index (Phi) is 4.56. The van der Waals surface area contributed by atoms with Crippen LogP contribution in [-0.4, -0.2) is 48.1 Å². The van der Waals surface area contributed by atoms with Crippen LogP contribution in [0.3, 0.4) is 0 Å². The van der Waals surface area contributed by atoms with Gasteiger partial charge in [0.05, 0.1) is 5.69 Å². The van der Waals surface area contributed by atoms with E-state index < -0.39 is 0 Å². The summed E-state index contributed by atoms with van der Waals surface area (Å²) in [5.41, 5.74) is 11.7. The molecule has 1 aliphatic heterocycles. The zero-order valence-corrected chi connectivity index (χ0v) is 16.6. The van der Waals surface area contributed by atoms with Gasteiger partial charge >= 0.3 is 0 Å². The highest BCUT2D eigenvalue weighted by Crippen LogP contribution is 2.41. The Morgan fingerprint density at radius 3 is 2.59 bits per heavy atom. The third kappa shape index (κ3) is 3.51. The summed E-state index contributed by atoms with van der Waals surface area (Å²) >= 11 is 0. The van der Waals surface area contributed by atoms with Crippen LogP contribution in [0, 0.1) is 0 Å². The molecule has 3 aromatic rings. The van der Waals surface area contributed by atoms with Crippen molar-refractivity contribution in [3.63, 3.8) is 0 Å². The molecule has 2 heterocycles. The fourth-order valence-corrected chi connectivity index (χ4v) is 4.11. The summed E-state index contributed by atoms with van der Waals surface area (Å²) < 4.78 is 6.03. The van der Waals surface area contributed by atoms with Crippen LogP contribution >= 0.6 is 0 Å². The molecule has 6 nitrogen and oxygen atoms in total. The molecular weight excluding hydrogens is 362 g/mol. The van der Waals surface area contributed by atoms with Crippen molar-refractivity contribution in [3.8, 4) is 17.0 Å². The lowest BCUT2D eigenvalue weighted by Crippen LogP contribution is -2.45. The molecule has 2 N–H and O–H groups in total. The van der Waals surface area contributed by atoms with Crippen LogP contribution in [-0.2, 0) is 13.0 Å². The number of benzene rings is 2. The Labute approximate surface area is 171 Å². The zero-order valence-electron chi connectivity index (χ0n) is 16.6. The number of likely N-dealkylation sites (N-methyl/N-ethyl adjacent to an activating group) is 1. The summed E-state index contributed by atoms with van der Waals surface area (Å²) in [5, 5.41) is 0. The number of ether oxygens (including phenoxy) is 1. The first-order valence-electron chi connectivity index (χ1n) is 10.1. The number of piperazine rings is 1. The number of nitrogen functional groups attached to an aromatic ring is 1. The molecule has 0 radical (unpaired) electrons. The van der Waals surface area contributed by atoms with Gasteiger partial charge in [-0.3, -0.25) is 0 Å². The van der Waals surface area contributed by atoms with Gasteiger partial charge in [0, 0.05) is 43.7 Å². The van der Waals surface area contributed by atoms with E-state index in [9.17, 15) is 0 Å². The van der Waals surface area contributed by atoms with Crippen molar-refractivity contribution >= 4 is 11.8 Å². The lowest BCUT2D eigenvalue weighted by molar-refractivity contribution is 0.306. The second-order valence-electron chi connectivity index (χ2n) is 7.79. The maximum atomic E-state index is 6.10. The number of aromatic nitrogens is 2. The average Bonchev–Trinajstić information content (AvgIpc) is 3.11. The number of hydrogen-bond acceptors (Lipinski definition) is 6. The summed E-state index contributed by atoms with van der Waals surface area (Å²) in [5.74, 6) is 2.17. The smallest absolute Gasteiger partial charge is 0.222 e. The molecule has 0 amide bonds. The highest BCUT2D eigenvalue weighted by Gasteiger charge is 2.28. The van der Waals surface area contributed by atoms with Gasteiger partial charge in [-0.2, -0.15) is 4.98 Å². The first kappa shape index (κ1) is 17.9. The minimum Gasteiger partial charge on any atom is -0.489 e. The van der Waals surface area contributed by atoms with Crippen molar-refractivity contribution in [1.82, 2.24) is 14.9 Å². The van der Waals surface area contributed by atoms with Crippen LogP contribution in [0.25, 0.3) is 11.3 Å². The van der Waals surface area contributed by atoms with Crippen LogP contribution < -0.4 is 15.4 Å². The molecule has 0 saturated carbocycles. The predicted molar refractivity (Wildman–Crippen MR) is 115 cm³/mol. The average molecular weight is 387 g/mol. The summed E-state index contributed by atoms with van der Waals surface area (Å²) in [6, 6.07) is 16.5. The van der Waals surface area contributed by atoms with E-state index in [1.54, 1.807) is 0 Å². The Bertz CT molecular complexity index is 1030. The number of nitrogens with zero attached hydrogens (tertiary/aromatic N) is 4. The minimum atomic E-state index is 0.334. The van der Waals surface area contributed by atoms with Crippen LogP contribution in [0.15, 0.2) is 48.5 Å². The minimum absolute atomic E-state index is 0.334. The third-order valence-electron chi connectivity index (χ3n) is 5.76. The van der Waals surface area contributed by atoms with Gasteiger partial charge in [-0.05, 0) is 30.3 Å². The van der Waals surface area contributed by atoms with E-state index in [-0.39, 0.29) is 0 Å². The van der Waals surface area contributed by atoms with Crippen LogP contribution in [0.4, 0.5) is 11.8 Å². The predicted octanol–water partition coefficient (Wildman–Crippen LogP) is 2.96. The standard InChI is InChI=1S/C23H25N5O/c1-27-9-11-28(12-10-27)22-20-13-17-7-8-18(29-15-16-5-3-2-4-6-16)14-19(17)21(20)25-23(24)26-22/h2-8,14H,9-13,15H2,1H3,(H2,24,25,26). The van der Waals surface area contributed by atoms with E-state index in [0.29, 0.717) is 12.6 Å². The Morgan fingerprint density at radius 1 is 1.00 bits per heavy atom. The first-order valence-corrected chi connectivity index (χ1v) is 10.1. The van der Waals surface area contributed by atoms with Gasteiger partial charge in [-0.15, -0.1) is 0 Å². The van der Waals surface area contributed by atoms with Gasteiger partial charge in [0.2, 0.25) is 5.95 Å². The van der Waals surface area contributed by atoms with E-state index >= 15 is 0 Å². The number of hydrogen-bond donors (Lipinski definition) is 1. The molecule has 6 heteroatoms. The molecule has 0 spiro atoms. The molecule has 1 fully saturated rings. The fourth-order valence-electron chi connectivity index (χ4n) is 4.11. The highest BCUT2D eigenvalue weighted by atomic mass is 16.5. The third-order valence-corrected chi connectivity index (χ3v) is 5.76. The van der Waals surface area contributed by atoms with E-state index in [2.05, 4.69) is 51.1 Å². The van der Waals surface area contributed by atoms with Crippen LogP contribution in [0.1, 0.15) is 16.7 Å². The Morgan fingerprint density at radius 2 is 1.79 bits per heavy atom. The number of nitrogens with two attached hydrogens (primary N) is 1. The van der Waals surface area contributed by atoms with Gasteiger partial charge in [-0.1, -0.05) is 36.4 Å². The Balaban J connectivity index is 1.44. The molecule has 1 aromatic heterocycles. The van der Waals surface area contributed by atoms with Crippen molar-refractivity contribution in [3.05, 3.63) is 65.2 Å². The van der Waals surface area contributed by atoms with E-state index in [0.717, 1.165) is 61.0 Å². The zero-order chi connectivity index (χ0) is 19.8. The maximum absolute atomic E-state index is 6.10. The monoisotopic (exact) mass is 387 g/mol. The second-order valence-corrected chi connectivity index (χ2v) is 7.79. The first-order chi connectivity index (χ1) is 14.2. The molecule has 1 aliphatic carbocycles. The number of rotatable bonds is 4. The van der Waals surface area contributed by atoms with Crippen LogP contribution in [0.2, 0.25) is 0 Å². The second kappa shape index (κ2) is 7.37. The van der Waals surface area contributed by atoms with Gasteiger partial charge in [0.1, 0.15) is 18.2 Å². The fraction of sp³-hybridized carbons (Fsp3) is 0.304. The molecule has 148 valence electrons. The molecule has 1 saturated heterocycles. The lowest BCUT2D eigenvalue weighted by Gasteiger charge is -2.34. The largest absolute Gasteiger partial charge is 0.489 e. The molecule has 2 aromatic carbocycles. The SMILES string of the molecule is CN1CCN(c2nc(N)nc3c2Cc2ccc(OCc4ccccc4)cc2-3)CC1. The van der Waals surface area contributed by atoms with Crippen LogP contribution in [0.5, 0.6) is 5.75 Å². The van der Waals surface area contributed by atoms with E-state index in [1.807, 2.05) is 24.3 Å². The van der Waals surface area contributed by atoms with Crippen molar-refractivity contribution in [2.24, 2.45) is 0 Å². The maximum Gasteiger partial charge on any atom is 0.222 e.